The normalized spacial score (nSPS) is 19.9. The summed E-state index contributed by atoms with van der Waals surface area (Å²) in [6.45, 7) is 13.1. The van der Waals surface area contributed by atoms with Crippen molar-refractivity contribution in [3.63, 3.8) is 0 Å². The topological polar surface area (TPSA) is 24.5 Å². The molecule has 104 valence electrons. The number of hydrogen-bond donors (Lipinski definition) is 1. The quantitative estimate of drug-likeness (QED) is 0.680. The molecule has 3 nitrogen and oxygen atoms in total. The summed E-state index contributed by atoms with van der Waals surface area (Å²) in [6, 6.07) is 0.739. The molecule has 0 saturated carbocycles. The number of nitrogens with zero attached hydrogens (tertiary/aromatic N) is 1. The lowest BCUT2D eigenvalue weighted by Crippen LogP contribution is -2.39. The maximum atomic E-state index is 5.67. The van der Waals surface area contributed by atoms with E-state index < -0.39 is 0 Å². The van der Waals surface area contributed by atoms with Gasteiger partial charge in [-0.2, -0.15) is 0 Å². The van der Waals surface area contributed by atoms with Crippen LogP contribution in [0.2, 0.25) is 0 Å². The van der Waals surface area contributed by atoms with Gasteiger partial charge in [0.25, 0.3) is 0 Å². The number of rotatable bonds is 8. The van der Waals surface area contributed by atoms with Crippen molar-refractivity contribution in [1.29, 1.82) is 0 Å². The SMILES string of the molecule is CCCN(CCOCC(C)C)C1CCNC1.Cl. The van der Waals surface area contributed by atoms with Gasteiger partial charge in [-0.25, -0.2) is 0 Å². The monoisotopic (exact) mass is 264 g/mol. The second-order valence-electron chi connectivity index (χ2n) is 5.15. The van der Waals surface area contributed by atoms with Crippen molar-refractivity contribution in [2.75, 3.05) is 39.4 Å². The Morgan fingerprint density at radius 2 is 2.12 bits per heavy atom. The second-order valence-corrected chi connectivity index (χ2v) is 5.15. The van der Waals surface area contributed by atoms with Crippen LogP contribution < -0.4 is 5.32 Å². The second kappa shape index (κ2) is 10.1. The van der Waals surface area contributed by atoms with Crippen LogP contribution in [0.5, 0.6) is 0 Å². The summed E-state index contributed by atoms with van der Waals surface area (Å²) in [5.41, 5.74) is 0. The predicted molar refractivity (Wildman–Crippen MR) is 76.0 cm³/mol. The molecule has 0 aliphatic carbocycles. The van der Waals surface area contributed by atoms with E-state index in [1.807, 2.05) is 0 Å². The summed E-state index contributed by atoms with van der Waals surface area (Å²) in [4.78, 5) is 2.58. The van der Waals surface area contributed by atoms with E-state index in [0.29, 0.717) is 5.92 Å². The van der Waals surface area contributed by atoms with E-state index in [-0.39, 0.29) is 12.4 Å². The molecule has 0 radical (unpaired) electrons. The van der Waals surface area contributed by atoms with Gasteiger partial charge in [0.15, 0.2) is 0 Å². The average Bonchev–Trinajstić information content (AvgIpc) is 2.75. The van der Waals surface area contributed by atoms with Crippen LogP contribution in [0.15, 0.2) is 0 Å². The molecule has 1 aliphatic rings. The minimum Gasteiger partial charge on any atom is -0.380 e. The lowest BCUT2D eigenvalue weighted by molar-refractivity contribution is 0.0744. The van der Waals surface area contributed by atoms with Gasteiger partial charge in [-0.1, -0.05) is 20.8 Å². The van der Waals surface area contributed by atoms with Gasteiger partial charge in [-0.05, 0) is 31.8 Å². The molecular formula is C13H29ClN2O. The highest BCUT2D eigenvalue weighted by Crippen LogP contribution is 2.08. The summed E-state index contributed by atoms with van der Waals surface area (Å²) in [7, 11) is 0. The van der Waals surface area contributed by atoms with E-state index in [2.05, 4.69) is 31.0 Å². The molecule has 0 bridgehead atoms. The lowest BCUT2D eigenvalue weighted by Gasteiger charge is -2.27. The first-order valence-corrected chi connectivity index (χ1v) is 6.76. The lowest BCUT2D eigenvalue weighted by atomic mass is 10.2. The molecular weight excluding hydrogens is 236 g/mol. The molecule has 1 heterocycles. The maximum absolute atomic E-state index is 5.67. The van der Waals surface area contributed by atoms with Crippen LogP contribution in [0.1, 0.15) is 33.6 Å². The Kier molecular flexibility index (Phi) is 10.2. The first kappa shape index (κ1) is 17.2. The molecule has 1 aliphatic heterocycles. The van der Waals surface area contributed by atoms with E-state index in [1.165, 1.54) is 25.9 Å². The van der Waals surface area contributed by atoms with Gasteiger partial charge in [0, 0.05) is 25.7 Å². The fourth-order valence-electron chi connectivity index (χ4n) is 2.22. The van der Waals surface area contributed by atoms with Crippen LogP contribution in [-0.2, 0) is 4.74 Å². The number of hydrogen-bond acceptors (Lipinski definition) is 3. The highest BCUT2D eigenvalue weighted by Gasteiger charge is 2.20. The fraction of sp³-hybridized carbons (Fsp3) is 1.00. The molecule has 1 fully saturated rings. The summed E-state index contributed by atoms with van der Waals surface area (Å²) in [5, 5.41) is 3.44. The van der Waals surface area contributed by atoms with E-state index in [4.69, 9.17) is 4.74 Å². The minimum atomic E-state index is 0. The Morgan fingerprint density at radius 1 is 1.35 bits per heavy atom. The van der Waals surface area contributed by atoms with Crippen molar-refractivity contribution in [1.82, 2.24) is 10.2 Å². The van der Waals surface area contributed by atoms with Gasteiger partial charge in [-0.3, -0.25) is 4.90 Å². The molecule has 1 unspecified atom stereocenters. The van der Waals surface area contributed by atoms with Gasteiger partial charge in [-0.15, -0.1) is 12.4 Å². The largest absolute Gasteiger partial charge is 0.380 e. The Bertz CT molecular complexity index is 173. The van der Waals surface area contributed by atoms with Crippen molar-refractivity contribution in [3.05, 3.63) is 0 Å². The molecule has 4 heteroatoms. The van der Waals surface area contributed by atoms with Gasteiger partial charge in [0.2, 0.25) is 0 Å². The number of ether oxygens (including phenoxy) is 1. The predicted octanol–water partition coefficient (Wildman–Crippen LogP) is 2.15. The molecule has 0 aromatic rings. The zero-order chi connectivity index (χ0) is 11.8. The van der Waals surface area contributed by atoms with Crippen molar-refractivity contribution in [3.8, 4) is 0 Å². The first-order chi connectivity index (χ1) is 7.74. The summed E-state index contributed by atoms with van der Waals surface area (Å²) >= 11 is 0. The third-order valence-electron chi connectivity index (χ3n) is 3.04. The zero-order valence-electron chi connectivity index (χ0n) is 11.6. The molecule has 0 aromatic carbocycles. The molecule has 0 amide bonds. The van der Waals surface area contributed by atoms with Crippen molar-refractivity contribution in [2.24, 2.45) is 5.92 Å². The molecule has 1 rings (SSSR count). The number of halogens is 1. The van der Waals surface area contributed by atoms with Crippen LogP contribution in [0.25, 0.3) is 0 Å². The van der Waals surface area contributed by atoms with Crippen molar-refractivity contribution in [2.45, 2.75) is 39.7 Å². The Labute approximate surface area is 113 Å². The molecule has 0 aromatic heterocycles. The third-order valence-corrected chi connectivity index (χ3v) is 3.04. The van der Waals surface area contributed by atoms with Gasteiger partial charge in [0.05, 0.1) is 6.61 Å². The van der Waals surface area contributed by atoms with Crippen LogP contribution in [0, 0.1) is 5.92 Å². The molecule has 1 atom stereocenters. The van der Waals surface area contributed by atoms with E-state index in [1.54, 1.807) is 0 Å². The van der Waals surface area contributed by atoms with E-state index in [9.17, 15) is 0 Å². The van der Waals surface area contributed by atoms with Gasteiger partial charge < -0.3 is 10.1 Å². The van der Waals surface area contributed by atoms with Crippen molar-refractivity contribution >= 4 is 12.4 Å². The van der Waals surface area contributed by atoms with E-state index in [0.717, 1.165) is 32.3 Å². The van der Waals surface area contributed by atoms with Crippen LogP contribution in [0.4, 0.5) is 0 Å². The molecule has 0 spiro atoms. The van der Waals surface area contributed by atoms with Crippen LogP contribution in [-0.4, -0.2) is 50.3 Å². The highest BCUT2D eigenvalue weighted by molar-refractivity contribution is 5.85. The minimum absolute atomic E-state index is 0. The average molecular weight is 265 g/mol. The Hall–Kier alpha value is 0.170. The van der Waals surface area contributed by atoms with E-state index >= 15 is 0 Å². The maximum Gasteiger partial charge on any atom is 0.0593 e. The first-order valence-electron chi connectivity index (χ1n) is 6.76. The number of nitrogens with one attached hydrogen (secondary N) is 1. The van der Waals surface area contributed by atoms with Crippen LogP contribution in [0.3, 0.4) is 0 Å². The molecule has 17 heavy (non-hydrogen) atoms. The van der Waals surface area contributed by atoms with Crippen LogP contribution >= 0.6 is 12.4 Å². The summed E-state index contributed by atoms with van der Waals surface area (Å²) in [6.07, 6.45) is 2.53. The smallest absolute Gasteiger partial charge is 0.0593 e. The Balaban J connectivity index is 0.00000256. The van der Waals surface area contributed by atoms with Crippen molar-refractivity contribution < 1.29 is 4.74 Å². The van der Waals surface area contributed by atoms with Gasteiger partial charge in [0.1, 0.15) is 0 Å². The third kappa shape index (κ3) is 7.24. The molecule has 1 N–H and O–H groups in total. The standard InChI is InChI=1S/C13H28N2O.ClH/c1-4-7-15(13-5-6-14-10-13)8-9-16-11-12(2)3;/h12-14H,4-11H2,1-3H3;1H. The Morgan fingerprint density at radius 3 is 2.65 bits per heavy atom. The highest BCUT2D eigenvalue weighted by atomic mass is 35.5. The van der Waals surface area contributed by atoms with Gasteiger partial charge >= 0.3 is 0 Å². The summed E-state index contributed by atoms with van der Waals surface area (Å²) in [5.74, 6) is 0.646. The summed E-state index contributed by atoms with van der Waals surface area (Å²) < 4.78 is 5.67. The zero-order valence-corrected chi connectivity index (χ0v) is 12.4. The molecule has 1 saturated heterocycles. The fourth-order valence-corrected chi connectivity index (χ4v) is 2.22.